The van der Waals surface area contributed by atoms with Crippen molar-refractivity contribution in [1.82, 2.24) is 15.3 Å². The summed E-state index contributed by atoms with van der Waals surface area (Å²) in [5.74, 6) is 3.34. The number of H-pyrrole nitrogens is 1. The van der Waals surface area contributed by atoms with Gasteiger partial charge < -0.3 is 10.3 Å². The topological polar surface area (TPSA) is 57.8 Å². The number of nitrogens with zero attached hydrogens (tertiary/aromatic N) is 1. The van der Waals surface area contributed by atoms with E-state index in [0.717, 1.165) is 36.3 Å². The van der Waals surface area contributed by atoms with E-state index in [9.17, 15) is 4.79 Å². The van der Waals surface area contributed by atoms with Gasteiger partial charge in [0.2, 0.25) is 0 Å². The molecule has 1 aliphatic heterocycles. The molecule has 1 aromatic carbocycles. The van der Waals surface area contributed by atoms with Crippen molar-refractivity contribution in [3.05, 3.63) is 39.4 Å². The molecular weight excluding hydrogens is 282 g/mol. The van der Waals surface area contributed by atoms with Gasteiger partial charge in [0.15, 0.2) is 0 Å². The summed E-state index contributed by atoms with van der Waals surface area (Å²) in [7, 11) is 0. The predicted octanol–water partition coefficient (Wildman–Crippen LogP) is 2.03. The van der Waals surface area contributed by atoms with Crippen molar-refractivity contribution in [3.63, 3.8) is 0 Å². The molecule has 2 heterocycles. The summed E-state index contributed by atoms with van der Waals surface area (Å²) in [4.78, 5) is 19.2. The Labute approximate surface area is 120 Å². The van der Waals surface area contributed by atoms with Gasteiger partial charge >= 0.3 is 0 Å². The van der Waals surface area contributed by atoms with E-state index in [0.29, 0.717) is 15.9 Å². The zero-order chi connectivity index (χ0) is 13.2. The standard InChI is InChI=1S/C13H14ClN3OS/c14-9-1-2-11-10(3-9)13(18)17-12(16-11)7-19-6-8-4-15-5-8/h1-3,8,15H,4-7H2,(H,16,17,18). The lowest BCUT2D eigenvalue weighted by atomic mass is 10.1. The van der Waals surface area contributed by atoms with E-state index < -0.39 is 0 Å². The highest BCUT2D eigenvalue weighted by atomic mass is 35.5. The average Bonchev–Trinajstić information content (AvgIpc) is 2.33. The number of halogens is 1. The number of benzene rings is 1. The summed E-state index contributed by atoms with van der Waals surface area (Å²) < 4.78 is 0. The summed E-state index contributed by atoms with van der Waals surface area (Å²) >= 11 is 7.69. The quantitative estimate of drug-likeness (QED) is 0.906. The zero-order valence-corrected chi connectivity index (χ0v) is 11.9. The van der Waals surface area contributed by atoms with Crippen molar-refractivity contribution < 1.29 is 0 Å². The normalized spacial score (nSPS) is 15.6. The van der Waals surface area contributed by atoms with E-state index >= 15 is 0 Å². The van der Waals surface area contributed by atoms with Crippen molar-refractivity contribution in [2.45, 2.75) is 5.75 Å². The molecule has 2 N–H and O–H groups in total. The molecule has 0 unspecified atom stereocenters. The molecule has 0 radical (unpaired) electrons. The van der Waals surface area contributed by atoms with Crippen molar-refractivity contribution in [3.8, 4) is 0 Å². The second-order valence-electron chi connectivity index (χ2n) is 4.71. The van der Waals surface area contributed by atoms with Crippen molar-refractivity contribution >= 4 is 34.3 Å². The van der Waals surface area contributed by atoms with E-state index in [2.05, 4.69) is 15.3 Å². The predicted molar refractivity (Wildman–Crippen MR) is 79.9 cm³/mol. The molecule has 0 spiro atoms. The van der Waals surface area contributed by atoms with Crippen LogP contribution in [-0.4, -0.2) is 28.8 Å². The summed E-state index contributed by atoms with van der Waals surface area (Å²) in [5, 5.41) is 4.35. The number of rotatable bonds is 4. The molecule has 19 heavy (non-hydrogen) atoms. The van der Waals surface area contributed by atoms with Crippen molar-refractivity contribution in [2.75, 3.05) is 18.8 Å². The number of fused-ring (bicyclic) bond motifs is 1. The summed E-state index contributed by atoms with van der Waals surface area (Å²) in [6.45, 7) is 2.21. The number of thioether (sulfide) groups is 1. The van der Waals surface area contributed by atoms with Gasteiger partial charge in [0.05, 0.1) is 16.7 Å². The van der Waals surface area contributed by atoms with Gasteiger partial charge in [0.25, 0.3) is 5.56 Å². The Morgan fingerprint density at radius 2 is 2.26 bits per heavy atom. The van der Waals surface area contributed by atoms with E-state index in [1.807, 2.05) is 11.8 Å². The fourth-order valence-corrected chi connectivity index (χ4v) is 3.21. The van der Waals surface area contributed by atoms with Crippen molar-refractivity contribution in [1.29, 1.82) is 0 Å². The first-order chi connectivity index (χ1) is 9.22. The lowest BCUT2D eigenvalue weighted by Gasteiger charge is -2.26. The van der Waals surface area contributed by atoms with Gasteiger partial charge in [0, 0.05) is 5.02 Å². The van der Waals surface area contributed by atoms with Crippen LogP contribution in [0.5, 0.6) is 0 Å². The minimum Gasteiger partial charge on any atom is -0.316 e. The Morgan fingerprint density at radius 3 is 3.00 bits per heavy atom. The van der Waals surface area contributed by atoms with Gasteiger partial charge in [-0.1, -0.05) is 11.6 Å². The minimum atomic E-state index is -0.117. The first-order valence-corrected chi connectivity index (χ1v) is 7.72. The summed E-state index contributed by atoms with van der Waals surface area (Å²) in [6, 6.07) is 5.20. The van der Waals surface area contributed by atoms with Crippen LogP contribution in [-0.2, 0) is 5.75 Å². The molecule has 0 atom stereocenters. The molecule has 0 aliphatic carbocycles. The van der Waals surface area contributed by atoms with Gasteiger partial charge in [-0.05, 0) is 43.0 Å². The maximum Gasteiger partial charge on any atom is 0.258 e. The van der Waals surface area contributed by atoms with Crippen LogP contribution >= 0.6 is 23.4 Å². The second kappa shape index (κ2) is 5.53. The SMILES string of the molecule is O=c1[nH]c(CSCC2CNC2)nc2ccc(Cl)cc12. The Hall–Kier alpha value is -1.04. The second-order valence-corrected chi connectivity index (χ2v) is 6.18. The van der Waals surface area contributed by atoms with Crippen molar-refractivity contribution in [2.24, 2.45) is 5.92 Å². The highest BCUT2D eigenvalue weighted by Crippen LogP contribution is 2.18. The lowest BCUT2D eigenvalue weighted by molar-refractivity contribution is 0.385. The van der Waals surface area contributed by atoms with E-state index in [4.69, 9.17) is 11.6 Å². The summed E-state index contributed by atoms with van der Waals surface area (Å²) in [5.41, 5.74) is 0.586. The Balaban J connectivity index is 1.76. The van der Waals surface area contributed by atoms with Crippen LogP contribution in [0.3, 0.4) is 0 Å². The fourth-order valence-electron chi connectivity index (χ4n) is 2.02. The molecule has 0 saturated carbocycles. The molecule has 3 rings (SSSR count). The van der Waals surface area contributed by atoms with Gasteiger partial charge in [0.1, 0.15) is 5.82 Å². The maximum absolute atomic E-state index is 11.9. The van der Waals surface area contributed by atoms with E-state index in [-0.39, 0.29) is 5.56 Å². The van der Waals surface area contributed by atoms with E-state index in [1.54, 1.807) is 18.2 Å². The minimum absolute atomic E-state index is 0.117. The molecule has 2 aromatic rings. The first kappa shape index (κ1) is 13.0. The molecule has 1 saturated heterocycles. The van der Waals surface area contributed by atoms with Gasteiger partial charge in [-0.15, -0.1) is 0 Å². The molecule has 6 heteroatoms. The highest BCUT2D eigenvalue weighted by molar-refractivity contribution is 7.98. The number of nitrogens with one attached hydrogen (secondary N) is 2. The average molecular weight is 296 g/mol. The number of hydrogen-bond acceptors (Lipinski definition) is 4. The van der Waals surface area contributed by atoms with Crippen LogP contribution in [0.2, 0.25) is 5.02 Å². The Kier molecular flexibility index (Phi) is 3.77. The smallest absolute Gasteiger partial charge is 0.258 e. The van der Waals surface area contributed by atoms with Crippen LogP contribution in [0.4, 0.5) is 0 Å². The molecule has 1 aliphatic rings. The highest BCUT2D eigenvalue weighted by Gasteiger charge is 2.16. The first-order valence-electron chi connectivity index (χ1n) is 6.19. The molecule has 1 aromatic heterocycles. The third-order valence-electron chi connectivity index (χ3n) is 3.17. The molecule has 4 nitrogen and oxygen atoms in total. The Bertz CT molecular complexity index is 654. The van der Waals surface area contributed by atoms with Crippen LogP contribution in [0.15, 0.2) is 23.0 Å². The van der Waals surface area contributed by atoms with Gasteiger partial charge in [-0.3, -0.25) is 4.79 Å². The van der Waals surface area contributed by atoms with Crippen LogP contribution in [0.1, 0.15) is 5.82 Å². The third kappa shape index (κ3) is 2.94. The largest absolute Gasteiger partial charge is 0.316 e. The summed E-state index contributed by atoms with van der Waals surface area (Å²) in [6.07, 6.45) is 0. The number of aromatic nitrogens is 2. The molecule has 100 valence electrons. The van der Waals surface area contributed by atoms with Gasteiger partial charge in [-0.2, -0.15) is 11.8 Å². The van der Waals surface area contributed by atoms with E-state index in [1.165, 1.54) is 0 Å². The molecule has 0 bridgehead atoms. The van der Waals surface area contributed by atoms with Gasteiger partial charge in [-0.25, -0.2) is 4.98 Å². The molecular formula is C13H14ClN3OS. The third-order valence-corrected chi connectivity index (χ3v) is 4.59. The van der Waals surface area contributed by atoms with Crippen LogP contribution in [0.25, 0.3) is 10.9 Å². The number of hydrogen-bond donors (Lipinski definition) is 2. The fraction of sp³-hybridized carbons (Fsp3) is 0.385. The Morgan fingerprint density at radius 1 is 1.42 bits per heavy atom. The maximum atomic E-state index is 11.9. The number of aromatic amines is 1. The molecule has 1 fully saturated rings. The van der Waals surface area contributed by atoms with Crippen LogP contribution in [0, 0.1) is 5.92 Å². The van der Waals surface area contributed by atoms with Crippen LogP contribution < -0.4 is 10.9 Å². The lowest BCUT2D eigenvalue weighted by Crippen LogP contribution is -2.43. The zero-order valence-electron chi connectivity index (χ0n) is 10.3. The monoisotopic (exact) mass is 295 g/mol. The molecule has 0 amide bonds.